The SMILES string of the molecule is CC[Si](C)N(Cc1cc[c-]cc1)[Si](C)(C)C.[Br-].[Mg+2]. The van der Waals surface area contributed by atoms with Crippen LogP contribution in [0.1, 0.15) is 12.5 Å². The fraction of sp³-hybridized carbons (Fsp3) is 0.538. The minimum Gasteiger partial charge on any atom is -1.00 e. The second-order valence-corrected chi connectivity index (χ2v) is 13.3. The third kappa shape index (κ3) is 6.86. The van der Waals surface area contributed by atoms with Crippen molar-refractivity contribution in [3.8, 4) is 0 Å². The van der Waals surface area contributed by atoms with Gasteiger partial charge in [-0.05, 0) is 12.6 Å². The molecule has 1 aromatic rings. The summed E-state index contributed by atoms with van der Waals surface area (Å²) < 4.78 is 2.80. The van der Waals surface area contributed by atoms with Crippen LogP contribution in [0.2, 0.25) is 32.2 Å². The van der Waals surface area contributed by atoms with Gasteiger partial charge in [-0.25, -0.2) is 0 Å². The van der Waals surface area contributed by atoms with Crippen molar-refractivity contribution in [2.24, 2.45) is 0 Å². The van der Waals surface area contributed by atoms with Gasteiger partial charge in [0.25, 0.3) is 0 Å². The van der Waals surface area contributed by atoms with E-state index in [9.17, 15) is 0 Å². The van der Waals surface area contributed by atoms with E-state index in [1.54, 1.807) is 0 Å². The molecule has 0 spiro atoms. The molecule has 0 saturated carbocycles. The number of hydrogen-bond acceptors (Lipinski definition) is 1. The van der Waals surface area contributed by atoms with Crippen molar-refractivity contribution in [1.82, 2.24) is 4.23 Å². The predicted molar refractivity (Wildman–Crippen MR) is 82.0 cm³/mol. The van der Waals surface area contributed by atoms with Crippen LogP contribution in [-0.4, -0.2) is 44.5 Å². The first-order chi connectivity index (χ1) is 7.45. The number of hydrogen-bond donors (Lipinski definition) is 0. The first kappa shape index (κ1) is 21.2. The maximum Gasteiger partial charge on any atom is 2.00 e. The van der Waals surface area contributed by atoms with Gasteiger partial charge in [0.1, 0.15) is 17.2 Å². The molecule has 0 fully saturated rings. The van der Waals surface area contributed by atoms with Crippen molar-refractivity contribution < 1.29 is 17.0 Å². The smallest absolute Gasteiger partial charge is 1.00 e. The Kier molecular flexibility index (Phi) is 11.4. The van der Waals surface area contributed by atoms with Crippen molar-refractivity contribution in [1.29, 1.82) is 0 Å². The van der Waals surface area contributed by atoms with Gasteiger partial charge in [0, 0.05) is 0 Å². The third-order valence-electron chi connectivity index (χ3n) is 2.91. The fourth-order valence-electron chi connectivity index (χ4n) is 1.84. The zero-order chi connectivity index (χ0) is 12.2. The molecule has 1 radical (unpaired) electrons. The van der Waals surface area contributed by atoms with Crippen molar-refractivity contribution in [3.63, 3.8) is 0 Å². The Balaban J connectivity index is 0. The molecule has 1 nitrogen and oxygen atoms in total. The largest absolute Gasteiger partial charge is 2.00 e. The molecule has 97 valence electrons. The minimum absolute atomic E-state index is 0. The van der Waals surface area contributed by atoms with Gasteiger partial charge in [-0.3, -0.25) is 0 Å². The summed E-state index contributed by atoms with van der Waals surface area (Å²) in [5.41, 5.74) is 1.43. The van der Waals surface area contributed by atoms with Gasteiger partial charge in [-0.1, -0.05) is 33.1 Å². The van der Waals surface area contributed by atoms with E-state index in [1.165, 1.54) is 11.6 Å². The molecule has 18 heavy (non-hydrogen) atoms. The maximum absolute atomic E-state index is 3.09. The number of rotatable bonds is 5. The number of benzene rings is 1. The van der Waals surface area contributed by atoms with Gasteiger partial charge >= 0.3 is 23.1 Å². The average Bonchev–Trinajstić information content (AvgIpc) is 2.25. The van der Waals surface area contributed by atoms with E-state index in [0.717, 1.165) is 6.54 Å². The molecule has 0 aliphatic carbocycles. The van der Waals surface area contributed by atoms with E-state index >= 15 is 0 Å². The summed E-state index contributed by atoms with van der Waals surface area (Å²) in [5, 5.41) is 0. The quantitative estimate of drug-likeness (QED) is 0.547. The Morgan fingerprint density at radius 2 is 1.72 bits per heavy atom. The fourth-order valence-corrected chi connectivity index (χ4v) is 8.39. The van der Waals surface area contributed by atoms with Gasteiger partial charge in [-0.15, -0.1) is 5.56 Å². The molecular formula is C13H23BrMgNSi2. The van der Waals surface area contributed by atoms with E-state index in [4.69, 9.17) is 0 Å². The summed E-state index contributed by atoms with van der Waals surface area (Å²) in [6.45, 7) is 13.2. The van der Waals surface area contributed by atoms with Gasteiger partial charge in [-0.2, -0.15) is 30.3 Å². The van der Waals surface area contributed by atoms with Crippen LogP contribution in [0.25, 0.3) is 0 Å². The molecule has 0 heterocycles. The molecular weight excluding hydrogens is 331 g/mol. The van der Waals surface area contributed by atoms with Gasteiger partial charge < -0.3 is 21.2 Å². The molecule has 0 bridgehead atoms. The van der Waals surface area contributed by atoms with Crippen LogP contribution in [0, 0.1) is 6.07 Å². The topological polar surface area (TPSA) is 3.24 Å². The standard InChI is InChI=1S/C13H23NSi2.BrH.Mg/c1-6-15(2)14(16(3,4)5)12-13-10-8-7-9-11-13;;/h8-11H,6,12H2,1-5H3;1H;/q-1;;+2/p-1. The Bertz CT molecular complexity index is 317. The Labute approximate surface area is 142 Å². The van der Waals surface area contributed by atoms with Gasteiger partial charge in [0.2, 0.25) is 0 Å². The zero-order valence-corrected chi connectivity index (χ0v) is 17.3. The van der Waals surface area contributed by atoms with Crippen molar-refractivity contribution >= 4 is 40.2 Å². The molecule has 1 rings (SSSR count). The summed E-state index contributed by atoms with van der Waals surface area (Å²) in [5.74, 6) is 0. The summed E-state index contributed by atoms with van der Waals surface area (Å²) in [7, 11) is -1.52. The molecule has 0 atom stereocenters. The Morgan fingerprint density at radius 3 is 2.11 bits per heavy atom. The van der Waals surface area contributed by atoms with E-state index in [2.05, 4.69) is 55.5 Å². The summed E-state index contributed by atoms with van der Waals surface area (Å²) in [4.78, 5) is 0. The van der Waals surface area contributed by atoms with Crippen molar-refractivity contribution in [3.05, 3.63) is 35.9 Å². The zero-order valence-electron chi connectivity index (χ0n) is 12.3. The molecule has 0 aliphatic rings. The summed E-state index contributed by atoms with van der Waals surface area (Å²) >= 11 is 0. The molecule has 0 aromatic heterocycles. The van der Waals surface area contributed by atoms with Crippen LogP contribution in [0.4, 0.5) is 0 Å². The van der Waals surface area contributed by atoms with Crippen LogP contribution >= 0.6 is 0 Å². The monoisotopic (exact) mass is 352 g/mol. The van der Waals surface area contributed by atoms with Crippen LogP contribution in [0.5, 0.6) is 0 Å². The molecule has 1 aromatic carbocycles. The number of halogens is 1. The average molecular weight is 354 g/mol. The molecule has 5 heteroatoms. The van der Waals surface area contributed by atoms with E-state index < -0.39 is 8.24 Å². The van der Waals surface area contributed by atoms with E-state index in [0.29, 0.717) is 0 Å². The third-order valence-corrected chi connectivity index (χ3v) is 9.95. The first-order valence-electron chi connectivity index (χ1n) is 6.00. The van der Waals surface area contributed by atoms with Crippen LogP contribution in [0.15, 0.2) is 24.3 Å². The summed E-state index contributed by atoms with van der Waals surface area (Å²) in [6, 6.07) is 12.8. The normalized spacial score (nSPS) is 11.1. The first-order valence-corrected chi connectivity index (χ1v) is 11.6. The van der Waals surface area contributed by atoms with Gasteiger partial charge in [0.15, 0.2) is 0 Å². The molecule has 0 aliphatic heterocycles. The Morgan fingerprint density at radius 1 is 1.22 bits per heavy atom. The van der Waals surface area contributed by atoms with E-state index in [-0.39, 0.29) is 49.0 Å². The molecule has 0 amide bonds. The van der Waals surface area contributed by atoms with Crippen LogP contribution < -0.4 is 17.0 Å². The van der Waals surface area contributed by atoms with Crippen molar-refractivity contribution in [2.75, 3.05) is 0 Å². The maximum atomic E-state index is 3.09. The number of nitrogens with zero attached hydrogens (tertiary/aromatic N) is 1. The second kappa shape index (κ2) is 9.72. The van der Waals surface area contributed by atoms with Crippen molar-refractivity contribution in [2.45, 2.75) is 45.7 Å². The summed E-state index contributed by atoms with van der Waals surface area (Å²) in [6.07, 6.45) is 0. The molecule has 0 unspecified atom stereocenters. The Hall–Kier alpha value is 0.860. The minimum atomic E-state index is -1.19. The van der Waals surface area contributed by atoms with E-state index in [1.807, 2.05) is 12.1 Å². The molecule has 0 saturated heterocycles. The van der Waals surface area contributed by atoms with Crippen LogP contribution in [-0.2, 0) is 6.54 Å². The molecule has 0 N–H and O–H groups in total. The van der Waals surface area contributed by atoms with Crippen LogP contribution in [0.3, 0.4) is 0 Å². The second-order valence-electron chi connectivity index (χ2n) is 5.25. The van der Waals surface area contributed by atoms with Gasteiger partial charge in [0.05, 0.1) is 0 Å². The predicted octanol–water partition coefficient (Wildman–Crippen LogP) is 0.388.